The van der Waals surface area contributed by atoms with E-state index in [4.69, 9.17) is 14.2 Å². The van der Waals surface area contributed by atoms with Gasteiger partial charge in [0.25, 0.3) is 5.91 Å². The number of esters is 2. The SMILES string of the molecule is CCCCOC(=O)CCOCCOCCNC(=O)/C=C(/Br)C(=O)NCCC(=O)OC. The Hall–Kier alpha value is -1.98. The maximum absolute atomic E-state index is 11.7. The lowest BCUT2D eigenvalue weighted by atomic mass is 10.4. The van der Waals surface area contributed by atoms with Gasteiger partial charge in [0.15, 0.2) is 0 Å². The van der Waals surface area contributed by atoms with Crippen molar-refractivity contribution in [3.63, 3.8) is 0 Å². The summed E-state index contributed by atoms with van der Waals surface area (Å²) in [5, 5.41) is 5.04. The van der Waals surface area contributed by atoms with Crippen LogP contribution in [0, 0.1) is 0 Å². The Kier molecular flexibility index (Phi) is 17.8. The number of methoxy groups -OCH3 is 1. The molecule has 0 fully saturated rings. The number of carbonyl (C=O) groups is 4. The van der Waals surface area contributed by atoms with Crippen molar-refractivity contribution in [2.24, 2.45) is 0 Å². The van der Waals surface area contributed by atoms with Gasteiger partial charge < -0.3 is 29.6 Å². The maximum Gasteiger partial charge on any atom is 0.308 e. The maximum atomic E-state index is 11.7. The van der Waals surface area contributed by atoms with Crippen LogP contribution in [0.2, 0.25) is 0 Å². The molecule has 0 atom stereocenters. The Morgan fingerprint density at radius 1 is 0.867 bits per heavy atom. The van der Waals surface area contributed by atoms with Gasteiger partial charge in [0.05, 0.1) is 57.5 Å². The van der Waals surface area contributed by atoms with Crippen LogP contribution in [0.5, 0.6) is 0 Å². The van der Waals surface area contributed by atoms with E-state index >= 15 is 0 Å². The lowest BCUT2D eigenvalue weighted by Crippen LogP contribution is -2.29. The first-order valence-corrected chi connectivity index (χ1v) is 10.5. The number of nitrogens with one attached hydrogen (secondary N) is 2. The number of hydrogen-bond donors (Lipinski definition) is 2. The average molecular weight is 495 g/mol. The monoisotopic (exact) mass is 494 g/mol. The van der Waals surface area contributed by atoms with E-state index in [0.717, 1.165) is 18.9 Å². The topological polar surface area (TPSA) is 129 Å². The number of rotatable bonds is 17. The van der Waals surface area contributed by atoms with Crippen molar-refractivity contribution in [2.45, 2.75) is 32.6 Å². The summed E-state index contributed by atoms with van der Waals surface area (Å²) in [6, 6.07) is 0. The van der Waals surface area contributed by atoms with Gasteiger partial charge in [-0.15, -0.1) is 0 Å². The van der Waals surface area contributed by atoms with Gasteiger partial charge in [0.2, 0.25) is 5.91 Å². The van der Waals surface area contributed by atoms with Gasteiger partial charge in [0, 0.05) is 19.2 Å². The van der Waals surface area contributed by atoms with E-state index in [1.807, 2.05) is 6.92 Å². The molecule has 0 saturated carbocycles. The number of amides is 2. The van der Waals surface area contributed by atoms with E-state index in [9.17, 15) is 19.2 Å². The van der Waals surface area contributed by atoms with E-state index in [-0.39, 0.29) is 49.6 Å². The molecule has 0 unspecified atom stereocenters. The van der Waals surface area contributed by atoms with Crippen LogP contribution in [0.4, 0.5) is 0 Å². The van der Waals surface area contributed by atoms with Crippen molar-refractivity contribution < 1.29 is 38.1 Å². The third kappa shape index (κ3) is 16.9. The molecular formula is C19H31BrN2O8. The second-order valence-electron chi connectivity index (χ2n) is 5.91. The molecule has 0 aromatic carbocycles. The summed E-state index contributed by atoms with van der Waals surface area (Å²) in [6.45, 7) is 4.01. The predicted octanol–water partition coefficient (Wildman–Crippen LogP) is 0.827. The fourth-order valence-electron chi connectivity index (χ4n) is 1.82. The first-order chi connectivity index (χ1) is 14.4. The van der Waals surface area contributed by atoms with Crippen LogP contribution in [0.25, 0.3) is 0 Å². The molecule has 0 saturated heterocycles. The summed E-state index contributed by atoms with van der Waals surface area (Å²) in [4.78, 5) is 45.7. The van der Waals surface area contributed by atoms with Gasteiger partial charge in [0.1, 0.15) is 0 Å². The van der Waals surface area contributed by atoms with Crippen LogP contribution in [0.15, 0.2) is 10.6 Å². The molecular weight excluding hydrogens is 464 g/mol. The van der Waals surface area contributed by atoms with Crippen LogP contribution in [0.3, 0.4) is 0 Å². The third-order valence-electron chi connectivity index (χ3n) is 3.45. The fourth-order valence-corrected chi connectivity index (χ4v) is 2.17. The third-order valence-corrected chi connectivity index (χ3v) is 4.04. The summed E-state index contributed by atoms with van der Waals surface area (Å²) in [6.07, 6.45) is 3.17. The molecule has 30 heavy (non-hydrogen) atoms. The minimum absolute atomic E-state index is 0.0346. The summed E-state index contributed by atoms with van der Waals surface area (Å²) < 4.78 is 20.1. The highest BCUT2D eigenvalue weighted by Crippen LogP contribution is 2.04. The summed E-state index contributed by atoms with van der Waals surface area (Å²) in [5.74, 6) is -1.70. The molecule has 0 aromatic rings. The van der Waals surface area contributed by atoms with Crippen molar-refractivity contribution in [1.82, 2.24) is 10.6 Å². The average Bonchev–Trinajstić information content (AvgIpc) is 2.72. The zero-order valence-corrected chi connectivity index (χ0v) is 19.1. The van der Waals surface area contributed by atoms with E-state index in [1.165, 1.54) is 7.11 Å². The van der Waals surface area contributed by atoms with Gasteiger partial charge in [-0.05, 0) is 22.4 Å². The number of halogens is 1. The van der Waals surface area contributed by atoms with Crippen LogP contribution < -0.4 is 10.6 Å². The first-order valence-electron chi connectivity index (χ1n) is 9.71. The molecule has 2 N–H and O–H groups in total. The van der Waals surface area contributed by atoms with Crippen molar-refractivity contribution >= 4 is 39.7 Å². The number of carbonyl (C=O) groups excluding carboxylic acids is 4. The Balaban J connectivity index is 3.68. The van der Waals surface area contributed by atoms with Crippen molar-refractivity contribution in [3.8, 4) is 0 Å². The Morgan fingerprint density at radius 2 is 1.57 bits per heavy atom. The molecule has 2 amide bonds. The second kappa shape index (κ2) is 19.0. The number of ether oxygens (including phenoxy) is 4. The van der Waals surface area contributed by atoms with Gasteiger partial charge in [-0.25, -0.2) is 0 Å². The van der Waals surface area contributed by atoms with Gasteiger partial charge in [-0.2, -0.15) is 0 Å². The highest BCUT2D eigenvalue weighted by Gasteiger charge is 2.09. The van der Waals surface area contributed by atoms with Gasteiger partial charge in [-0.3, -0.25) is 19.2 Å². The molecule has 11 heteroatoms. The zero-order valence-electron chi connectivity index (χ0n) is 17.5. The molecule has 0 aromatic heterocycles. The van der Waals surface area contributed by atoms with E-state index < -0.39 is 17.8 Å². The highest BCUT2D eigenvalue weighted by atomic mass is 79.9. The number of unbranched alkanes of at least 4 members (excludes halogenated alkanes) is 1. The minimum atomic E-state index is -0.517. The molecule has 0 heterocycles. The molecule has 10 nitrogen and oxygen atoms in total. The Labute approximate surface area is 185 Å². The normalized spacial score (nSPS) is 11.0. The van der Waals surface area contributed by atoms with Crippen LogP contribution >= 0.6 is 15.9 Å². The lowest BCUT2D eigenvalue weighted by molar-refractivity contribution is -0.145. The molecule has 0 aliphatic heterocycles. The Bertz CT molecular complexity index is 569. The first kappa shape index (κ1) is 28.0. The van der Waals surface area contributed by atoms with Crippen LogP contribution in [-0.2, 0) is 38.1 Å². The molecule has 0 rings (SSSR count). The smallest absolute Gasteiger partial charge is 0.308 e. The molecule has 0 aliphatic rings. The quantitative estimate of drug-likeness (QED) is 0.173. The van der Waals surface area contributed by atoms with Gasteiger partial charge >= 0.3 is 11.9 Å². The van der Waals surface area contributed by atoms with E-state index in [0.29, 0.717) is 19.8 Å². The molecule has 172 valence electrons. The molecule has 0 bridgehead atoms. The van der Waals surface area contributed by atoms with Crippen LogP contribution in [-0.4, -0.2) is 77.0 Å². The molecule has 0 aliphatic carbocycles. The molecule has 0 spiro atoms. The minimum Gasteiger partial charge on any atom is -0.469 e. The predicted molar refractivity (Wildman–Crippen MR) is 112 cm³/mol. The van der Waals surface area contributed by atoms with Crippen molar-refractivity contribution in [2.75, 3.05) is 53.2 Å². The largest absolute Gasteiger partial charge is 0.469 e. The van der Waals surface area contributed by atoms with E-state index in [1.54, 1.807) is 0 Å². The fraction of sp³-hybridized carbons (Fsp3) is 0.684. The lowest BCUT2D eigenvalue weighted by Gasteiger charge is -2.07. The second-order valence-corrected chi connectivity index (χ2v) is 6.77. The van der Waals surface area contributed by atoms with Crippen molar-refractivity contribution in [1.29, 1.82) is 0 Å². The summed E-state index contributed by atoms with van der Waals surface area (Å²) in [5.41, 5.74) is 0. The summed E-state index contributed by atoms with van der Waals surface area (Å²) >= 11 is 3.00. The highest BCUT2D eigenvalue weighted by molar-refractivity contribution is 9.12. The number of hydrogen-bond acceptors (Lipinski definition) is 8. The molecule has 0 radical (unpaired) electrons. The van der Waals surface area contributed by atoms with Crippen LogP contribution in [0.1, 0.15) is 32.6 Å². The summed E-state index contributed by atoms with van der Waals surface area (Å²) in [7, 11) is 1.26. The zero-order chi connectivity index (χ0) is 22.6. The van der Waals surface area contributed by atoms with Crippen molar-refractivity contribution in [3.05, 3.63) is 10.6 Å². The van der Waals surface area contributed by atoms with Gasteiger partial charge in [-0.1, -0.05) is 13.3 Å². The van der Waals surface area contributed by atoms with E-state index in [2.05, 4.69) is 31.3 Å². The standard InChI is InChI=1S/C19H31BrN2O8/c1-3-4-9-30-18(25)6-10-28-12-13-29-11-8-21-16(23)14-15(20)19(26)22-7-5-17(24)27-2/h14H,3-13H2,1-2H3,(H,21,23)(H,22,26)/b15-14+. The Morgan fingerprint density at radius 3 is 2.23 bits per heavy atom.